The number of aryl methyl sites for hydroxylation is 1. The monoisotopic (exact) mass is 498 g/mol. The number of furan rings is 1. The molecule has 1 amide bonds. The Labute approximate surface area is 210 Å². The lowest BCUT2D eigenvalue weighted by atomic mass is 10.1. The average molecular weight is 499 g/mol. The van der Waals surface area contributed by atoms with Crippen molar-refractivity contribution in [3.05, 3.63) is 107 Å². The van der Waals surface area contributed by atoms with Gasteiger partial charge in [-0.3, -0.25) is 9.10 Å². The number of nitrogens with zero attached hydrogens (tertiary/aromatic N) is 1. The summed E-state index contributed by atoms with van der Waals surface area (Å²) in [6.07, 6.45) is 1.20. The van der Waals surface area contributed by atoms with Crippen molar-refractivity contribution in [1.29, 1.82) is 0 Å². The van der Waals surface area contributed by atoms with Gasteiger partial charge in [0.1, 0.15) is 11.2 Å². The zero-order valence-corrected chi connectivity index (χ0v) is 21.1. The van der Waals surface area contributed by atoms with Crippen LogP contribution in [0.1, 0.15) is 27.0 Å². The summed E-state index contributed by atoms with van der Waals surface area (Å²) < 4.78 is 32.5. The lowest BCUT2D eigenvalue weighted by Crippen LogP contribution is -2.30. The smallest absolute Gasteiger partial charge is 0.255 e. The zero-order valence-electron chi connectivity index (χ0n) is 20.3. The van der Waals surface area contributed by atoms with Gasteiger partial charge in [0.25, 0.3) is 5.91 Å². The van der Waals surface area contributed by atoms with Crippen LogP contribution in [0.25, 0.3) is 21.9 Å². The van der Waals surface area contributed by atoms with Crippen molar-refractivity contribution in [2.75, 3.05) is 15.9 Å². The Morgan fingerprint density at radius 2 is 1.58 bits per heavy atom. The minimum Gasteiger partial charge on any atom is -0.456 e. The highest BCUT2D eigenvalue weighted by Gasteiger charge is 2.20. The highest BCUT2D eigenvalue weighted by atomic mass is 32.2. The van der Waals surface area contributed by atoms with Gasteiger partial charge in [0.15, 0.2) is 0 Å². The maximum absolute atomic E-state index is 12.9. The van der Waals surface area contributed by atoms with Gasteiger partial charge in [-0.25, -0.2) is 8.42 Å². The van der Waals surface area contributed by atoms with E-state index in [1.807, 2.05) is 74.5 Å². The predicted molar refractivity (Wildman–Crippen MR) is 145 cm³/mol. The number of carbonyl (C=O) groups excluding carboxylic acids is 1. The molecule has 0 aliphatic rings. The van der Waals surface area contributed by atoms with Crippen molar-refractivity contribution in [2.45, 2.75) is 20.4 Å². The van der Waals surface area contributed by atoms with E-state index in [1.54, 1.807) is 24.3 Å². The number of para-hydroxylation sites is 1. The number of fused-ring (bicyclic) bond motifs is 3. The van der Waals surface area contributed by atoms with Crippen molar-refractivity contribution in [3.63, 3.8) is 0 Å². The molecule has 1 aromatic heterocycles. The van der Waals surface area contributed by atoms with Crippen molar-refractivity contribution < 1.29 is 17.6 Å². The van der Waals surface area contributed by atoms with Crippen LogP contribution in [0.2, 0.25) is 0 Å². The van der Waals surface area contributed by atoms with Gasteiger partial charge >= 0.3 is 0 Å². The van der Waals surface area contributed by atoms with E-state index in [2.05, 4.69) is 5.32 Å². The van der Waals surface area contributed by atoms with Crippen molar-refractivity contribution in [2.24, 2.45) is 0 Å². The highest BCUT2D eigenvalue weighted by molar-refractivity contribution is 7.92. The van der Waals surface area contributed by atoms with Gasteiger partial charge in [0.2, 0.25) is 10.0 Å². The Morgan fingerprint density at radius 3 is 2.33 bits per heavy atom. The third kappa shape index (κ3) is 4.57. The molecule has 0 aliphatic carbocycles. The molecule has 182 valence electrons. The van der Waals surface area contributed by atoms with Gasteiger partial charge in [0.05, 0.1) is 18.5 Å². The second-order valence-electron chi connectivity index (χ2n) is 8.95. The van der Waals surface area contributed by atoms with Crippen molar-refractivity contribution in [3.8, 4) is 0 Å². The minimum atomic E-state index is -3.51. The largest absolute Gasteiger partial charge is 0.456 e. The summed E-state index contributed by atoms with van der Waals surface area (Å²) in [5, 5.41) is 4.94. The normalized spacial score (nSPS) is 11.6. The number of benzene rings is 4. The maximum Gasteiger partial charge on any atom is 0.255 e. The maximum atomic E-state index is 12.9. The third-order valence-corrected chi connectivity index (χ3v) is 7.55. The van der Waals surface area contributed by atoms with Crippen LogP contribution in [-0.4, -0.2) is 20.6 Å². The van der Waals surface area contributed by atoms with E-state index in [1.165, 1.54) is 10.6 Å². The molecule has 0 radical (unpaired) electrons. The molecule has 0 unspecified atom stereocenters. The molecule has 0 saturated carbocycles. The first-order chi connectivity index (χ1) is 17.2. The van der Waals surface area contributed by atoms with Gasteiger partial charge in [-0.05, 0) is 66.9 Å². The quantitative estimate of drug-likeness (QED) is 0.293. The zero-order chi connectivity index (χ0) is 25.4. The summed E-state index contributed by atoms with van der Waals surface area (Å²) in [4.78, 5) is 12.9. The molecular weight excluding hydrogens is 472 g/mol. The van der Waals surface area contributed by atoms with Crippen LogP contribution in [0.15, 0.2) is 89.3 Å². The molecule has 0 aliphatic heterocycles. The van der Waals surface area contributed by atoms with E-state index < -0.39 is 10.0 Å². The number of hydrogen-bond donors (Lipinski definition) is 1. The van der Waals surface area contributed by atoms with Gasteiger partial charge < -0.3 is 9.73 Å². The Bertz CT molecular complexity index is 1700. The lowest BCUT2D eigenvalue weighted by molar-refractivity contribution is 0.102. The molecular formula is C29H26N2O4S. The van der Waals surface area contributed by atoms with Gasteiger partial charge in [-0.1, -0.05) is 42.5 Å². The van der Waals surface area contributed by atoms with Crippen LogP contribution in [0.3, 0.4) is 0 Å². The number of nitrogens with one attached hydrogen (secondary N) is 1. The first kappa shape index (κ1) is 23.6. The van der Waals surface area contributed by atoms with E-state index in [0.29, 0.717) is 22.5 Å². The highest BCUT2D eigenvalue weighted by Crippen LogP contribution is 2.31. The number of hydrogen-bond acceptors (Lipinski definition) is 4. The summed E-state index contributed by atoms with van der Waals surface area (Å²) in [5.74, 6) is -0.258. The predicted octanol–water partition coefficient (Wildman–Crippen LogP) is 6.42. The fraction of sp³-hybridized carbons (Fsp3) is 0.138. The van der Waals surface area contributed by atoms with Crippen molar-refractivity contribution >= 4 is 49.2 Å². The molecule has 36 heavy (non-hydrogen) atoms. The third-order valence-electron chi connectivity index (χ3n) is 6.42. The molecule has 5 rings (SSSR count). The van der Waals surface area contributed by atoms with Crippen molar-refractivity contribution in [1.82, 2.24) is 0 Å². The number of carbonyl (C=O) groups is 1. The number of rotatable bonds is 6. The van der Waals surface area contributed by atoms with Crippen LogP contribution < -0.4 is 9.62 Å². The first-order valence-corrected chi connectivity index (χ1v) is 13.4. The van der Waals surface area contributed by atoms with E-state index >= 15 is 0 Å². The van der Waals surface area contributed by atoms with Gasteiger partial charge in [-0.15, -0.1) is 0 Å². The van der Waals surface area contributed by atoms with E-state index in [9.17, 15) is 13.2 Å². The molecule has 6 nitrogen and oxygen atoms in total. The topological polar surface area (TPSA) is 79.6 Å². The molecule has 5 aromatic rings. The second kappa shape index (κ2) is 9.17. The van der Waals surface area contributed by atoms with E-state index in [4.69, 9.17) is 4.42 Å². The van der Waals surface area contributed by atoms with Crippen LogP contribution in [0, 0.1) is 13.8 Å². The van der Waals surface area contributed by atoms with Crippen LogP contribution in [-0.2, 0) is 16.6 Å². The van der Waals surface area contributed by atoms with Gasteiger partial charge in [-0.2, -0.15) is 0 Å². The summed E-state index contributed by atoms with van der Waals surface area (Å²) in [7, 11) is -3.51. The molecule has 0 fully saturated rings. The standard InChI is InChI=1S/C29H26N2O4S/c1-19-7-6-9-26(20(19)2)31(36(3,33)34)18-21-11-13-22(14-12-21)29(32)30-23-15-16-25-24-8-4-5-10-27(24)35-28(25)17-23/h4-17H,18H2,1-3H3,(H,30,32). The fourth-order valence-electron chi connectivity index (χ4n) is 4.32. The Balaban J connectivity index is 1.34. The van der Waals surface area contributed by atoms with Gasteiger partial charge in [0, 0.05) is 28.1 Å². The molecule has 1 heterocycles. The fourth-order valence-corrected chi connectivity index (χ4v) is 5.26. The minimum absolute atomic E-state index is 0.174. The molecule has 0 spiro atoms. The molecule has 7 heteroatoms. The Morgan fingerprint density at radius 1 is 0.861 bits per heavy atom. The molecule has 1 N–H and O–H groups in total. The first-order valence-electron chi connectivity index (χ1n) is 11.6. The molecule has 0 bridgehead atoms. The van der Waals surface area contributed by atoms with Crippen LogP contribution in [0.5, 0.6) is 0 Å². The number of sulfonamides is 1. The molecule has 0 saturated heterocycles. The average Bonchev–Trinajstić information content (AvgIpc) is 3.22. The molecule has 4 aromatic carbocycles. The summed E-state index contributed by atoms with van der Waals surface area (Å²) in [6.45, 7) is 4.05. The number of anilines is 2. The summed E-state index contributed by atoms with van der Waals surface area (Å²) in [6, 6.07) is 26.0. The number of amides is 1. The Hall–Kier alpha value is -4.10. The van der Waals surface area contributed by atoms with E-state index in [0.717, 1.165) is 33.0 Å². The summed E-state index contributed by atoms with van der Waals surface area (Å²) in [5.41, 5.74) is 5.98. The summed E-state index contributed by atoms with van der Waals surface area (Å²) >= 11 is 0. The van der Waals surface area contributed by atoms with Crippen LogP contribution in [0.4, 0.5) is 11.4 Å². The van der Waals surface area contributed by atoms with E-state index in [-0.39, 0.29) is 12.5 Å². The Kier molecular flexibility index (Phi) is 6.02. The SMILES string of the molecule is Cc1cccc(N(Cc2ccc(C(=O)Nc3ccc4c(c3)oc3ccccc34)cc2)S(C)(=O)=O)c1C. The van der Waals surface area contributed by atoms with Crippen LogP contribution >= 0.6 is 0 Å². The molecule has 0 atom stereocenters. The lowest BCUT2D eigenvalue weighted by Gasteiger charge is -2.25. The second-order valence-corrected chi connectivity index (χ2v) is 10.9.